The first-order valence-corrected chi connectivity index (χ1v) is 10.6. The lowest BCUT2D eigenvalue weighted by molar-refractivity contribution is -0.112. The van der Waals surface area contributed by atoms with E-state index in [0.717, 1.165) is 5.56 Å². The molecule has 5 nitrogen and oxygen atoms in total. The van der Waals surface area contributed by atoms with E-state index >= 15 is 0 Å². The molecule has 162 valence electrons. The van der Waals surface area contributed by atoms with E-state index in [2.05, 4.69) is 5.32 Å². The summed E-state index contributed by atoms with van der Waals surface area (Å²) in [6, 6.07) is 21.3. The molecule has 3 aromatic carbocycles. The van der Waals surface area contributed by atoms with E-state index in [-0.39, 0.29) is 5.57 Å². The predicted molar refractivity (Wildman–Crippen MR) is 127 cm³/mol. The average molecular weight is 467 g/mol. The van der Waals surface area contributed by atoms with Gasteiger partial charge >= 0.3 is 0 Å². The number of nitrogens with one attached hydrogen (secondary N) is 1. The molecule has 0 bridgehead atoms. The number of hydrogen-bond acceptors (Lipinski definition) is 4. The van der Waals surface area contributed by atoms with Crippen molar-refractivity contribution >= 4 is 40.9 Å². The Hall–Kier alpha value is -3.46. The zero-order chi connectivity index (χ0) is 22.9. The van der Waals surface area contributed by atoms with E-state index in [9.17, 15) is 10.1 Å². The van der Waals surface area contributed by atoms with Crippen LogP contribution in [-0.4, -0.2) is 12.5 Å². The van der Waals surface area contributed by atoms with Crippen LogP contribution in [-0.2, 0) is 11.4 Å². The van der Waals surface area contributed by atoms with Crippen LogP contribution in [0.25, 0.3) is 6.08 Å². The van der Waals surface area contributed by atoms with Crippen molar-refractivity contribution in [2.24, 2.45) is 0 Å². The van der Waals surface area contributed by atoms with Gasteiger partial charge in [-0.05, 0) is 60.5 Å². The van der Waals surface area contributed by atoms with Gasteiger partial charge in [0, 0.05) is 5.02 Å². The van der Waals surface area contributed by atoms with Crippen LogP contribution in [0.3, 0.4) is 0 Å². The highest BCUT2D eigenvalue weighted by molar-refractivity contribution is 6.34. The van der Waals surface area contributed by atoms with Crippen molar-refractivity contribution in [1.29, 1.82) is 5.26 Å². The molecule has 0 aliphatic carbocycles. The number of amides is 1. The third-order valence-corrected chi connectivity index (χ3v) is 4.91. The second-order valence-electron chi connectivity index (χ2n) is 6.66. The van der Waals surface area contributed by atoms with Gasteiger partial charge in [0.15, 0.2) is 11.5 Å². The molecule has 7 heteroatoms. The van der Waals surface area contributed by atoms with Crippen molar-refractivity contribution in [3.05, 3.63) is 93.5 Å². The molecular weight excluding hydrogens is 447 g/mol. The monoisotopic (exact) mass is 466 g/mol. The minimum absolute atomic E-state index is 0.0695. The highest BCUT2D eigenvalue weighted by Crippen LogP contribution is 2.30. The molecule has 0 heterocycles. The SMILES string of the molecule is CCOc1cc(/C=C(\C#N)C(=O)Nc2ccccc2Cl)ccc1OCc1cccc(Cl)c1. The Labute approximate surface area is 196 Å². The second-order valence-corrected chi connectivity index (χ2v) is 7.51. The number of hydrogen-bond donors (Lipinski definition) is 1. The number of nitriles is 1. The van der Waals surface area contributed by atoms with Crippen LogP contribution in [0.5, 0.6) is 11.5 Å². The first-order valence-electron chi connectivity index (χ1n) is 9.82. The number of carbonyl (C=O) groups is 1. The van der Waals surface area contributed by atoms with E-state index in [4.69, 9.17) is 32.7 Å². The van der Waals surface area contributed by atoms with Gasteiger partial charge in [-0.3, -0.25) is 4.79 Å². The zero-order valence-electron chi connectivity index (χ0n) is 17.3. The molecule has 0 aliphatic rings. The van der Waals surface area contributed by atoms with Gasteiger partial charge in [-0.1, -0.05) is 53.5 Å². The number of benzene rings is 3. The van der Waals surface area contributed by atoms with Gasteiger partial charge in [0.2, 0.25) is 0 Å². The van der Waals surface area contributed by atoms with E-state index < -0.39 is 5.91 Å². The van der Waals surface area contributed by atoms with E-state index in [1.807, 2.05) is 31.2 Å². The molecule has 1 N–H and O–H groups in total. The van der Waals surface area contributed by atoms with Gasteiger partial charge < -0.3 is 14.8 Å². The van der Waals surface area contributed by atoms with Gasteiger partial charge in [-0.2, -0.15) is 5.26 Å². The maximum atomic E-state index is 12.5. The van der Waals surface area contributed by atoms with Crippen LogP contribution in [0, 0.1) is 11.3 Å². The molecule has 0 radical (unpaired) electrons. The van der Waals surface area contributed by atoms with Gasteiger partial charge in [-0.15, -0.1) is 0 Å². The average Bonchev–Trinajstić information content (AvgIpc) is 2.78. The van der Waals surface area contributed by atoms with Gasteiger partial charge in [0.25, 0.3) is 5.91 Å². The van der Waals surface area contributed by atoms with Crippen LogP contribution in [0.15, 0.2) is 72.3 Å². The number of ether oxygens (including phenoxy) is 2. The highest BCUT2D eigenvalue weighted by atomic mass is 35.5. The van der Waals surface area contributed by atoms with Crippen LogP contribution >= 0.6 is 23.2 Å². The number of carbonyl (C=O) groups excluding carboxylic acids is 1. The fraction of sp³-hybridized carbons (Fsp3) is 0.120. The summed E-state index contributed by atoms with van der Waals surface area (Å²) in [4.78, 5) is 12.5. The lowest BCUT2D eigenvalue weighted by Crippen LogP contribution is -2.13. The number of nitrogens with zero attached hydrogens (tertiary/aromatic N) is 1. The quantitative estimate of drug-likeness (QED) is 0.303. The van der Waals surface area contributed by atoms with Crippen molar-refractivity contribution in [3.63, 3.8) is 0 Å². The van der Waals surface area contributed by atoms with E-state index in [1.165, 1.54) is 6.08 Å². The summed E-state index contributed by atoms with van der Waals surface area (Å²) in [5, 5.41) is 13.2. The van der Waals surface area contributed by atoms with Crippen molar-refractivity contribution in [3.8, 4) is 17.6 Å². The maximum Gasteiger partial charge on any atom is 0.266 e. The molecular formula is C25H20Cl2N2O3. The smallest absolute Gasteiger partial charge is 0.266 e. The largest absolute Gasteiger partial charge is 0.490 e. The molecule has 32 heavy (non-hydrogen) atoms. The lowest BCUT2D eigenvalue weighted by Gasteiger charge is -2.13. The predicted octanol–water partition coefficient (Wildman–Crippen LogP) is 6.52. The molecule has 0 aromatic heterocycles. The minimum Gasteiger partial charge on any atom is -0.490 e. The van der Waals surface area contributed by atoms with Crippen molar-refractivity contribution in [2.45, 2.75) is 13.5 Å². The van der Waals surface area contributed by atoms with Crippen LogP contribution < -0.4 is 14.8 Å². The normalized spacial score (nSPS) is 10.9. The topological polar surface area (TPSA) is 71.3 Å². The molecule has 0 saturated carbocycles. The number of anilines is 1. The first kappa shape index (κ1) is 23.2. The van der Waals surface area contributed by atoms with Crippen molar-refractivity contribution in [1.82, 2.24) is 0 Å². The zero-order valence-corrected chi connectivity index (χ0v) is 18.8. The van der Waals surface area contributed by atoms with Gasteiger partial charge in [0.1, 0.15) is 18.2 Å². The summed E-state index contributed by atoms with van der Waals surface area (Å²) in [6.07, 6.45) is 1.48. The standard InChI is InChI=1S/C25H20Cl2N2O3/c1-2-31-24-14-17(10-11-23(24)32-16-18-6-5-7-20(26)13-18)12-19(15-28)25(30)29-22-9-4-3-8-21(22)27/h3-14H,2,16H2,1H3,(H,29,30)/b19-12+. The van der Waals surface area contributed by atoms with Gasteiger partial charge in [-0.25, -0.2) is 0 Å². The van der Waals surface area contributed by atoms with Crippen molar-refractivity contribution < 1.29 is 14.3 Å². The summed E-state index contributed by atoms with van der Waals surface area (Å²) in [5.41, 5.74) is 1.90. The third-order valence-electron chi connectivity index (χ3n) is 4.35. The van der Waals surface area contributed by atoms with Crippen molar-refractivity contribution in [2.75, 3.05) is 11.9 Å². The molecule has 0 fully saturated rings. The molecule has 1 amide bonds. The second kappa shape index (κ2) is 11.2. The summed E-state index contributed by atoms with van der Waals surface area (Å²) in [7, 11) is 0. The van der Waals surface area contributed by atoms with Gasteiger partial charge in [0.05, 0.1) is 17.3 Å². The summed E-state index contributed by atoms with van der Waals surface area (Å²) < 4.78 is 11.6. The molecule has 0 aliphatic heterocycles. The Morgan fingerprint density at radius 1 is 1.03 bits per heavy atom. The number of rotatable bonds is 8. The Kier molecular flexibility index (Phi) is 8.15. The fourth-order valence-electron chi connectivity index (χ4n) is 2.86. The molecule has 0 saturated heterocycles. The molecule has 0 atom stereocenters. The Morgan fingerprint density at radius 3 is 2.56 bits per heavy atom. The highest BCUT2D eigenvalue weighted by Gasteiger charge is 2.13. The molecule has 3 rings (SSSR count). The Balaban J connectivity index is 1.79. The van der Waals surface area contributed by atoms with E-state index in [1.54, 1.807) is 48.5 Å². The molecule has 0 spiro atoms. The van der Waals surface area contributed by atoms with Crippen LogP contribution in [0.4, 0.5) is 5.69 Å². The maximum absolute atomic E-state index is 12.5. The molecule has 0 unspecified atom stereocenters. The first-order chi connectivity index (χ1) is 15.5. The Bertz CT molecular complexity index is 1190. The van der Waals surface area contributed by atoms with Crippen LogP contribution in [0.1, 0.15) is 18.1 Å². The minimum atomic E-state index is -0.556. The molecule has 3 aromatic rings. The lowest BCUT2D eigenvalue weighted by atomic mass is 10.1. The third kappa shape index (κ3) is 6.27. The summed E-state index contributed by atoms with van der Waals surface area (Å²) in [5.74, 6) is 0.495. The fourth-order valence-corrected chi connectivity index (χ4v) is 3.25. The number of halogens is 2. The Morgan fingerprint density at radius 2 is 1.84 bits per heavy atom. The van der Waals surface area contributed by atoms with E-state index in [0.29, 0.717) is 46.0 Å². The number of para-hydroxylation sites is 1. The summed E-state index contributed by atoms with van der Waals surface area (Å²) in [6.45, 7) is 2.61. The summed E-state index contributed by atoms with van der Waals surface area (Å²) >= 11 is 12.1. The van der Waals surface area contributed by atoms with Crippen LogP contribution in [0.2, 0.25) is 10.0 Å².